The molecule has 0 aliphatic heterocycles. The van der Waals surface area contributed by atoms with E-state index in [0.717, 1.165) is 12.0 Å². The lowest BCUT2D eigenvalue weighted by Gasteiger charge is -2.18. The standard InChI is InChI=1S/C12H15F3N2OS/c13-12(14,15)10(11(16)19)8-18-7-1-2-9-3-5-17-6-4-9/h3-6,10H,1-2,7-8H2,(H2,16,19). The lowest BCUT2D eigenvalue weighted by atomic mass is 10.1. The van der Waals surface area contributed by atoms with Gasteiger partial charge in [-0.1, -0.05) is 12.2 Å². The van der Waals surface area contributed by atoms with E-state index in [0.29, 0.717) is 6.42 Å². The summed E-state index contributed by atoms with van der Waals surface area (Å²) in [6, 6.07) is 3.71. The van der Waals surface area contributed by atoms with Gasteiger partial charge in [0, 0.05) is 19.0 Å². The lowest BCUT2D eigenvalue weighted by molar-refractivity contribution is -0.167. The molecule has 1 aromatic rings. The molecule has 0 amide bonds. The monoisotopic (exact) mass is 292 g/mol. The second-order valence-electron chi connectivity index (χ2n) is 4.03. The topological polar surface area (TPSA) is 48.1 Å². The predicted molar refractivity (Wildman–Crippen MR) is 69.7 cm³/mol. The molecule has 1 rings (SSSR count). The van der Waals surface area contributed by atoms with Crippen molar-refractivity contribution < 1.29 is 17.9 Å². The number of aryl methyl sites for hydroxylation is 1. The van der Waals surface area contributed by atoms with E-state index in [2.05, 4.69) is 17.2 Å². The Hall–Kier alpha value is -1.21. The van der Waals surface area contributed by atoms with Crippen LogP contribution in [0.1, 0.15) is 12.0 Å². The fourth-order valence-corrected chi connectivity index (χ4v) is 1.67. The SMILES string of the molecule is NC(=S)C(COCCCc1ccncc1)C(F)(F)F. The number of aromatic nitrogens is 1. The third-order valence-electron chi connectivity index (χ3n) is 2.53. The highest BCUT2D eigenvalue weighted by Gasteiger charge is 2.41. The molecule has 106 valence electrons. The predicted octanol–water partition coefficient (Wildman–Crippen LogP) is 2.50. The molecule has 1 unspecified atom stereocenters. The maximum atomic E-state index is 12.5. The molecule has 0 radical (unpaired) electrons. The zero-order valence-electron chi connectivity index (χ0n) is 10.2. The van der Waals surface area contributed by atoms with Crippen molar-refractivity contribution in [3.8, 4) is 0 Å². The number of alkyl halides is 3. The zero-order valence-corrected chi connectivity index (χ0v) is 11.0. The van der Waals surface area contributed by atoms with Crippen molar-refractivity contribution in [3.63, 3.8) is 0 Å². The van der Waals surface area contributed by atoms with Crippen molar-refractivity contribution in [1.29, 1.82) is 0 Å². The van der Waals surface area contributed by atoms with Crippen molar-refractivity contribution in [3.05, 3.63) is 30.1 Å². The van der Waals surface area contributed by atoms with Crippen molar-refractivity contribution in [1.82, 2.24) is 4.98 Å². The van der Waals surface area contributed by atoms with E-state index < -0.39 is 23.7 Å². The summed E-state index contributed by atoms with van der Waals surface area (Å²) in [4.78, 5) is 3.29. The van der Waals surface area contributed by atoms with Gasteiger partial charge in [0.1, 0.15) is 5.92 Å². The largest absolute Gasteiger partial charge is 0.400 e. The van der Waals surface area contributed by atoms with Crippen molar-refractivity contribution in [2.45, 2.75) is 19.0 Å². The summed E-state index contributed by atoms with van der Waals surface area (Å²) < 4.78 is 42.5. The van der Waals surface area contributed by atoms with Gasteiger partial charge in [-0.2, -0.15) is 13.2 Å². The summed E-state index contributed by atoms with van der Waals surface area (Å²) in [5.41, 5.74) is 6.12. The summed E-state index contributed by atoms with van der Waals surface area (Å²) >= 11 is 4.39. The Morgan fingerprint density at radius 1 is 1.37 bits per heavy atom. The van der Waals surface area contributed by atoms with E-state index in [1.54, 1.807) is 12.4 Å². The van der Waals surface area contributed by atoms with Gasteiger partial charge in [0.25, 0.3) is 0 Å². The van der Waals surface area contributed by atoms with E-state index >= 15 is 0 Å². The van der Waals surface area contributed by atoms with Crippen LogP contribution in [0, 0.1) is 5.92 Å². The Kier molecular flexibility index (Phi) is 6.17. The Labute approximate surface area is 115 Å². The molecule has 0 saturated carbocycles. The van der Waals surface area contributed by atoms with Crippen LogP contribution in [0.15, 0.2) is 24.5 Å². The quantitative estimate of drug-likeness (QED) is 0.619. The van der Waals surface area contributed by atoms with Crippen molar-refractivity contribution >= 4 is 17.2 Å². The minimum absolute atomic E-state index is 0.234. The minimum atomic E-state index is -4.45. The first kappa shape index (κ1) is 15.8. The molecule has 0 spiro atoms. The average Bonchev–Trinajstić information content (AvgIpc) is 2.32. The lowest BCUT2D eigenvalue weighted by Crippen LogP contribution is -2.38. The molecule has 7 heteroatoms. The second kappa shape index (κ2) is 7.40. The van der Waals surface area contributed by atoms with Gasteiger partial charge in [-0.3, -0.25) is 4.98 Å². The molecule has 0 aliphatic carbocycles. The Morgan fingerprint density at radius 2 is 2.00 bits per heavy atom. The molecular formula is C12H15F3N2OS. The summed E-state index contributed by atoms with van der Waals surface area (Å²) in [5.74, 6) is -1.87. The first-order chi connectivity index (χ1) is 8.91. The molecule has 0 fully saturated rings. The summed E-state index contributed by atoms with van der Waals surface area (Å²) in [7, 11) is 0. The summed E-state index contributed by atoms with van der Waals surface area (Å²) in [5, 5.41) is 0. The van der Waals surface area contributed by atoms with Crippen molar-refractivity contribution in [2.24, 2.45) is 11.7 Å². The highest BCUT2D eigenvalue weighted by atomic mass is 32.1. The molecule has 1 heterocycles. The third-order valence-corrected chi connectivity index (χ3v) is 2.81. The normalized spacial score (nSPS) is 13.2. The van der Waals surface area contributed by atoms with Crippen LogP contribution in [0.2, 0.25) is 0 Å². The number of nitrogens with two attached hydrogens (primary N) is 1. The summed E-state index contributed by atoms with van der Waals surface area (Å²) in [6.07, 6.45) is 0.251. The van der Waals surface area contributed by atoms with Gasteiger partial charge >= 0.3 is 6.18 Å². The van der Waals surface area contributed by atoms with Crippen LogP contribution >= 0.6 is 12.2 Å². The molecule has 0 aliphatic rings. The van der Waals surface area contributed by atoms with Gasteiger partial charge in [-0.25, -0.2) is 0 Å². The van der Waals surface area contributed by atoms with E-state index in [-0.39, 0.29) is 6.61 Å². The molecule has 0 saturated heterocycles. The highest BCUT2D eigenvalue weighted by Crippen LogP contribution is 2.26. The minimum Gasteiger partial charge on any atom is -0.393 e. The summed E-state index contributed by atoms with van der Waals surface area (Å²) in [6.45, 7) is -0.285. The number of pyridine rings is 1. The zero-order chi connectivity index (χ0) is 14.3. The number of nitrogens with zero attached hydrogens (tertiary/aromatic N) is 1. The number of thiocarbonyl (C=S) groups is 1. The Bertz CT molecular complexity index is 398. The maximum absolute atomic E-state index is 12.5. The van der Waals surface area contributed by atoms with Gasteiger partial charge in [0.15, 0.2) is 0 Å². The number of hydrogen-bond donors (Lipinski definition) is 1. The van der Waals surface area contributed by atoms with Gasteiger partial charge in [0.2, 0.25) is 0 Å². The molecule has 1 aromatic heterocycles. The molecule has 0 aromatic carbocycles. The van der Waals surface area contributed by atoms with Gasteiger partial charge in [-0.15, -0.1) is 0 Å². The van der Waals surface area contributed by atoms with E-state index in [4.69, 9.17) is 10.5 Å². The first-order valence-electron chi connectivity index (χ1n) is 5.74. The third kappa shape index (κ3) is 5.98. The van der Waals surface area contributed by atoms with Crippen molar-refractivity contribution in [2.75, 3.05) is 13.2 Å². The van der Waals surface area contributed by atoms with Gasteiger partial charge in [0.05, 0.1) is 11.6 Å². The fourth-order valence-electron chi connectivity index (χ4n) is 1.47. The van der Waals surface area contributed by atoms with E-state index in [1.165, 1.54) is 0 Å². The molecule has 19 heavy (non-hydrogen) atoms. The maximum Gasteiger partial charge on any atom is 0.400 e. The Balaban J connectivity index is 2.25. The van der Waals surface area contributed by atoms with E-state index in [9.17, 15) is 13.2 Å². The number of hydrogen-bond acceptors (Lipinski definition) is 3. The van der Waals surface area contributed by atoms with Crippen LogP contribution in [0.3, 0.4) is 0 Å². The smallest absolute Gasteiger partial charge is 0.393 e. The van der Waals surface area contributed by atoms with E-state index in [1.807, 2.05) is 12.1 Å². The van der Waals surface area contributed by atoms with Crippen LogP contribution in [0.4, 0.5) is 13.2 Å². The molecule has 2 N–H and O–H groups in total. The molecule has 0 bridgehead atoms. The fraction of sp³-hybridized carbons (Fsp3) is 0.500. The van der Waals surface area contributed by atoms with Crippen LogP contribution in [0.5, 0.6) is 0 Å². The van der Waals surface area contributed by atoms with Crippen LogP contribution in [-0.2, 0) is 11.2 Å². The average molecular weight is 292 g/mol. The molecular weight excluding hydrogens is 277 g/mol. The van der Waals surface area contributed by atoms with Gasteiger partial charge < -0.3 is 10.5 Å². The van der Waals surface area contributed by atoms with Crippen LogP contribution < -0.4 is 5.73 Å². The van der Waals surface area contributed by atoms with Crippen LogP contribution in [-0.4, -0.2) is 29.4 Å². The highest BCUT2D eigenvalue weighted by molar-refractivity contribution is 7.80. The first-order valence-corrected chi connectivity index (χ1v) is 6.14. The molecule has 3 nitrogen and oxygen atoms in total. The Morgan fingerprint density at radius 3 is 2.53 bits per heavy atom. The van der Waals surface area contributed by atoms with Crippen LogP contribution in [0.25, 0.3) is 0 Å². The number of halogens is 3. The number of rotatable bonds is 7. The second-order valence-corrected chi connectivity index (χ2v) is 4.50. The molecule has 1 atom stereocenters. The van der Waals surface area contributed by atoms with Gasteiger partial charge in [-0.05, 0) is 30.5 Å². The number of ether oxygens (including phenoxy) is 1.